The summed E-state index contributed by atoms with van der Waals surface area (Å²) in [7, 11) is -3.78. The van der Waals surface area contributed by atoms with Crippen molar-refractivity contribution < 1.29 is 13.5 Å². The van der Waals surface area contributed by atoms with E-state index >= 15 is 0 Å². The maximum atomic E-state index is 12.8. The first-order valence-electron chi connectivity index (χ1n) is 8.79. The standard InChI is InChI=1S/C21H19N3O3S/c25-14-20(16-4-2-1-3-5-16)24-28(26,27)17-8-6-15(7-9-17)18-10-12-22-21-19(18)11-13-23-21/h1-13,20,24-25H,14H2,(H,22,23)/t20-/m1/s1. The topological polar surface area (TPSA) is 95.1 Å². The Labute approximate surface area is 162 Å². The van der Waals surface area contributed by atoms with Crippen molar-refractivity contribution in [2.75, 3.05) is 6.61 Å². The van der Waals surface area contributed by atoms with Gasteiger partial charge < -0.3 is 10.1 Å². The van der Waals surface area contributed by atoms with Gasteiger partial charge in [-0.1, -0.05) is 42.5 Å². The molecular formula is C21H19N3O3S. The molecule has 2 aromatic heterocycles. The molecule has 0 spiro atoms. The van der Waals surface area contributed by atoms with Crippen molar-refractivity contribution in [3.8, 4) is 11.1 Å². The Hall–Kier alpha value is -3.00. The van der Waals surface area contributed by atoms with Gasteiger partial charge in [0.05, 0.1) is 17.5 Å². The summed E-state index contributed by atoms with van der Waals surface area (Å²) in [6.45, 7) is -0.330. The third-order valence-electron chi connectivity index (χ3n) is 4.62. The molecule has 0 fully saturated rings. The number of pyridine rings is 1. The number of nitrogens with one attached hydrogen (secondary N) is 2. The van der Waals surface area contributed by atoms with Crippen molar-refractivity contribution in [3.05, 3.63) is 84.7 Å². The molecule has 2 aromatic carbocycles. The van der Waals surface area contributed by atoms with Crippen LogP contribution in [-0.4, -0.2) is 30.1 Å². The SMILES string of the molecule is O=S(=O)(N[C@H](CO)c1ccccc1)c1ccc(-c2ccnc3[nH]ccc23)cc1. The van der Waals surface area contributed by atoms with E-state index in [9.17, 15) is 13.5 Å². The first-order valence-corrected chi connectivity index (χ1v) is 10.3. The van der Waals surface area contributed by atoms with Crippen LogP contribution in [0.3, 0.4) is 0 Å². The molecule has 0 saturated carbocycles. The van der Waals surface area contributed by atoms with Crippen LogP contribution in [0.25, 0.3) is 22.2 Å². The first-order chi connectivity index (χ1) is 13.6. The van der Waals surface area contributed by atoms with Gasteiger partial charge in [0, 0.05) is 17.8 Å². The van der Waals surface area contributed by atoms with Crippen LogP contribution < -0.4 is 4.72 Å². The van der Waals surface area contributed by atoms with Gasteiger partial charge in [0.25, 0.3) is 0 Å². The lowest BCUT2D eigenvalue weighted by molar-refractivity contribution is 0.259. The summed E-state index contributed by atoms with van der Waals surface area (Å²) < 4.78 is 28.1. The maximum Gasteiger partial charge on any atom is 0.241 e. The van der Waals surface area contributed by atoms with Gasteiger partial charge in [-0.05, 0) is 41.0 Å². The van der Waals surface area contributed by atoms with Crippen LogP contribution >= 0.6 is 0 Å². The highest BCUT2D eigenvalue weighted by molar-refractivity contribution is 7.89. The quantitative estimate of drug-likeness (QED) is 0.469. The number of aromatic amines is 1. The molecule has 0 saturated heterocycles. The number of hydrogen-bond donors (Lipinski definition) is 3. The molecule has 0 bridgehead atoms. The highest BCUT2D eigenvalue weighted by atomic mass is 32.2. The van der Waals surface area contributed by atoms with E-state index in [4.69, 9.17) is 0 Å². The molecule has 6 nitrogen and oxygen atoms in total. The van der Waals surface area contributed by atoms with Crippen LogP contribution in [0.15, 0.2) is 84.0 Å². The third-order valence-corrected chi connectivity index (χ3v) is 6.11. The van der Waals surface area contributed by atoms with E-state index in [1.54, 1.807) is 54.7 Å². The molecule has 0 aliphatic heterocycles. The number of rotatable bonds is 6. The van der Waals surface area contributed by atoms with E-state index in [0.717, 1.165) is 22.2 Å². The van der Waals surface area contributed by atoms with Crippen LogP contribution in [0.5, 0.6) is 0 Å². The Kier molecular flexibility index (Phi) is 4.95. The molecule has 0 aliphatic carbocycles. The second-order valence-corrected chi connectivity index (χ2v) is 8.10. The zero-order chi connectivity index (χ0) is 19.6. The van der Waals surface area contributed by atoms with Gasteiger partial charge in [-0.2, -0.15) is 0 Å². The highest BCUT2D eigenvalue weighted by Crippen LogP contribution is 2.28. The number of aliphatic hydroxyl groups excluding tert-OH is 1. The lowest BCUT2D eigenvalue weighted by Crippen LogP contribution is -2.30. The second-order valence-electron chi connectivity index (χ2n) is 6.39. The number of aromatic nitrogens is 2. The van der Waals surface area contributed by atoms with Crippen molar-refractivity contribution in [2.45, 2.75) is 10.9 Å². The molecule has 0 aliphatic rings. The minimum Gasteiger partial charge on any atom is -0.394 e. The lowest BCUT2D eigenvalue weighted by Gasteiger charge is -2.17. The van der Waals surface area contributed by atoms with E-state index in [1.165, 1.54) is 0 Å². The van der Waals surface area contributed by atoms with Crippen LogP contribution in [0, 0.1) is 0 Å². The molecule has 28 heavy (non-hydrogen) atoms. The first kappa shape index (κ1) is 18.4. The van der Waals surface area contributed by atoms with Gasteiger partial charge in [0.2, 0.25) is 10.0 Å². The van der Waals surface area contributed by atoms with E-state index < -0.39 is 16.1 Å². The van der Waals surface area contributed by atoms with Gasteiger partial charge in [-0.25, -0.2) is 18.1 Å². The Morgan fingerprint density at radius 1 is 1.00 bits per heavy atom. The Bertz CT molecular complexity index is 1190. The normalized spacial score (nSPS) is 12.9. The van der Waals surface area contributed by atoms with Gasteiger partial charge in [0.15, 0.2) is 0 Å². The molecular weight excluding hydrogens is 374 g/mol. The Morgan fingerprint density at radius 2 is 1.75 bits per heavy atom. The third kappa shape index (κ3) is 3.55. The van der Waals surface area contributed by atoms with E-state index in [0.29, 0.717) is 5.56 Å². The van der Waals surface area contributed by atoms with Crippen molar-refractivity contribution in [2.24, 2.45) is 0 Å². The molecule has 4 rings (SSSR count). The molecule has 3 N–H and O–H groups in total. The number of fused-ring (bicyclic) bond motifs is 1. The number of nitrogens with zero attached hydrogens (tertiary/aromatic N) is 1. The molecule has 0 amide bonds. The zero-order valence-corrected chi connectivity index (χ0v) is 15.7. The highest BCUT2D eigenvalue weighted by Gasteiger charge is 2.21. The van der Waals surface area contributed by atoms with Crippen molar-refractivity contribution in [1.82, 2.24) is 14.7 Å². The fourth-order valence-corrected chi connectivity index (χ4v) is 4.39. The van der Waals surface area contributed by atoms with Crippen LogP contribution in [0.4, 0.5) is 0 Å². The summed E-state index contributed by atoms with van der Waals surface area (Å²) in [4.78, 5) is 7.48. The largest absolute Gasteiger partial charge is 0.394 e. The lowest BCUT2D eigenvalue weighted by atomic mass is 10.0. The maximum absolute atomic E-state index is 12.8. The van der Waals surface area contributed by atoms with Crippen molar-refractivity contribution >= 4 is 21.1 Å². The molecule has 1 atom stereocenters. The molecule has 142 valence electrons. The van der Waals surface area contributed by atoms with E-state index in [2.05, 4.69) is 14.7 Å². The van der Waals surface area contributed by atoms with Crippen LogP contribution in [-0.2, 0) is 10.0 Å². The average Bonchev–Trinajstić information content (AvgIpc) is 3.22. The van der Waals surface area contributed by atoms with Crippen molar-refractivity contribution in [3.63, 3.8) is 0 Å². The molecule has 0 radical (unpaired) electrons. The predicted octanol–water partition coefficient (Wildman–Crippen LogP) is 3.24. The molecule has 7 heteroatoms. The summed E-state index contributed by atoms with van der Waals surface area (Å²) in [6.07, 6.45) is 3.54. The fourth-order valence-electron chi connectivity index (χ4n) is 3.18. The monoisotopic (exact) mass is 393 g/mol. The molecule has 4 aromatic rings. The Balaban J connectivity index is 1.62. The van der Waals surface area contributed by atoms with Gasteiger partial charge in [-0.15, -0.1) is 0 Å². The van der Waals surface area contributed by atoms with Gasteiger partial charge >= 0.3 is 0 Å². The number of hydrogen-bond acceptors (Lipinski definition) is 4. The number of H-pyrrole nitrogens is 1. The number of benzene rings is 2. The Morgan fingerprint density at radius 3 is 2.46 bits per heavy atom. The second kappa shape index (κ2) is 7.55. The van der Waals surface area contributed by atoms with Crippen LogP contribution in [0.1, 0.15) is 11.6 Å². The minimum atomic E-state index is -3.78. The smallest absolute Gasteiger partial charge is 0.241 e. The van der Waals surface area contributed by atoms with Crippen LogP contribution in [0.2, 0.25) is 0 Å². The summed E-state index contributed by atoms with van der Waals surface area (Å²) in [5, 5.41) is 10.6. The molecule has 0 unspecified atom stereocenters. The summed E-state index contributed by atoms with van der Waals surface area (Å²) >= 11 is 0. The fraction of sp³-hybridized carbons (Fsp3) is 0.0952. The van der Waals surface area contributed by atoms with Gasteiger partial charge in [0.1, 0.15) is 5.65 Å². The van der Waals surface area contributed by atoms with E-state index in [-0.39, 0.29) is 11.5 Å². The number of sulfonamides is 1. The van der Waals surface area contributed by atoms with E-state index in [1.807, 2.05) is 24.4 Å². The summed E-state index contributed by atoms with van der Waals surface area (Å²) in [6, 6.07) is 18.8. The number of aliphatic hydroxyl groups is 1. The van der Waals surface area contributed by atoms with Gasteiger partial charge in [-0.3, -0.25) is 0 Å². The summed E-state index contributed by atoms with van der Waals surface area (Å²) in [5.41, 5.74) is 3.36. The molecule has 2 heterocycles. The van der Waals surface area contributed by atoms with Crippen molar-refractivity contribution in [1.29, 1.82) is 0 Å². The predicted molar refractivity (Wildman–Crippen MR) is 108 cm³/mol. The summed E-state index contributed by atoms with van der Waals surface area (Å²) in [5.74, 6) is 0. The average molecular weight is 393 g/mol. The minimum absolute atomic E-state index is 0.144. The zero-order valence-electron chi connectivity index (χ0n) is 14.9.